The summed E-state index contributed by atoms with van der Waals surface area (Å²) in [5.41, 5.74) is 0. The smallest absolute Gasteiger partial charge is 0.342 e. The molecular formula is C13H9NO3S2. The Morgan fingerprint density at radius 2 is 1.84 bits per heavy atom. The molecule has 0 spiro atoms. The number of nitrogens with zero attached hydrogens (tertiary/aromatic N) is 1. The topological polar surface area (TPSA) is 56.3 Å². The zero-order chi connectivity index (χ0) is 13.3. The molecule has 0 fully saturated rings. The predicted octanol–water partition coefficient (Wildman–Crippen LogP) is 3.06. The van der Waals surface area contributed by atoms with Crippen molar-refractivity contribution in [3.8, 4) is 5.88 Å². The number of hydrogen-bond acceptors (Lipinski definition) is 5. The van der Waals surface area contributed by atoms with Gasteiger partial charge in [0.1, 0.15) is 4.90 Å². The van der Waals surface area contributed by atoms with Crippen molar-refractivity contribution in [1.82, 2.24) is 4.98 Å². The predicted molar refractivity (Wildman–Crippen MR) is 73.9 cm³/mol. The van der Waals surface area contributed by atoms with Gasteiger partial charge >= 0.3 is 10.1 Å². The minimum absolute atomic E-state index is 0.0674. The molecule has 0 aliphatic rings. The second kappa shape index (κ2) is 4.64. The van der Waals surface area contributed by atoms with Crippen molar-refractivity contribution in [1.29, 1.82) is 0 Å². The second-order valence-electron chi connectivity index (χ2n) is 3.80. The Morgan fingerprint density at radius 1 is 1.05 bits per heavy atom. The van der Waals surface area contributed by atoms with Crippen molar-refractivity contribution < 1.29 is 12.6 Å². The summed E-state index contributed by atoms with van der Waals surface area (Å²) >= 11 is 1.37. The molecule has 0 N–H and O–H groups in total. The third-order valence-electron chi connectivity index (χ3n) is 2.55. The first kappa shape index (κ1) is 12.1. The quantitative estimate of drug-likeness (QED) is 0.696. The molecule has 3 aromatic rings. The van der Waals surface area contributed by atoms with Gasteiger partial charge in [0.25, 0.3) is 0 Å². The van der Waals surface area contributed by atoms with Crippen molar-refractivity contribution in [2.24, 2.45) is 0 Å². The van der Waals surface area contributed by atoms with E-state index in [4.69, 9.17) is 4.18 Å². The molecule has 0 bridgehead atoms. The number of benzene rings is 1. The van der Waals surface area contributed by atoms with E-state index in [2.05, 4.69) is 4.98 Å². The van der Waals surface area contributed by atoms with Crippen LogP contribution in [0.15, 0.2) is 58.9 Å². The lowest BCUT2D eigenvalue weighted by Crippen LogP contribution is -2.09. The molecule has 0 aliphatic carbocycles. The first-order chi connectivity index (χ1) is 9.17. The fourth-order valence-electron chi connectivity index (χ4n) is 1.70. The highest BCUT2D eigenvalue weighted by Gasteiger charge is 2.21. The van der Waals surface area contributed by atoms with Crippen molar-refractivity contribution in [2.45, 2.75) is 4.90 Å². The average molecular weight is 291 g/mol. The zero-order valence-electron chi connectivity index (χ0n) is 9.68. The number of thiophene rings is 1. The maximum absolute atomic E-state index is 12.2. The minimum Gasteiger partial charge on any atom is -0.358 e. The molecule has 0 atom stereocenters. The minimum atomic E-state index is -3.85. The molecule has 1 aromatic carbocycles. The fraction of sp³-hybridized carbons (Fsp3) is 0. The number of rotatable bonds is 3. The van der Waals surface area contributed by atoms with Gasteiger partial charge in [-0.3, -0.25) is 0 Å². The van der Waals surface area contributed by atoms with Gasteiger partial charge in [-0.15, -0.1) is 11.3 Å². The third-order valence-corrected chi connectivity index (χ3v) is 4.93. The van der Waals surface area contributed by atoms with Crippen LogP contribution >= 0.6 is 11.3 Å². The fourth-order valence-corrected chi connectivity index (χ4v) is 4.06. The summed E-state index contributed by atoms with van der Waals surface area (Å²) < 4.78 is 30.4. The van der Waals surface area contributed by atoms with Gasteiger partial charge in [-0.1, -0.05) is 24.3 Å². The van der Waals surface area contributed by atoms with Crippen molar-refractivity contribution in [3.05, 3.63) is 54.0 Å². The highest BCUT2D eigenvalue weighted by atomic mass is 32.2. The van der Waals surface area contributed by atoms with E-state index in [0.29, 0.717) is 5.39 Å². The molecule has 0 saturated carbocycles. The van der Waals surface area contributed by atoms with Crippen LogP contribution < -0.4 is 4.18 Å². The van der Waals surface area contributed by atoms with Crippen molar-refractivity contribution >= 4 is 31.5 Å². The van der Waals surface area contributed by atoms with Crippen LogP contribution in [0.25, 0.3) is 10.1 Å². The molecule has 19 heavy (non-hydrogen) atoms. The highest BCUT2D eigenvalue weighted by Crippen LogP contribution is 2.30. The number of pyridine rings is 1. The van der Waals surface area contributed by atoms with Gasteiger partial charge in [-0.2, -0.15) is 8.42 Å². The Labute approximate surface area is 114 Å². The molecule has 4 nitrogen and oxygen atoms in total. The van der Waals surface area contributed by atoms with E-state index >= 15 is 0 Å². The Kier molecular flexibility index (Phi) is 2.96. The lowest BCUT2D eigenvalue weighted by atomic mass is 10.3. The Hall–Kier alpha value is -1.92. The molecule has 0 saturated heterocycles. The Bertz CT molecular complexity index is 810. The van der Waals surface area contributed by atoms with Gasteiger partial charge in [0.15, 0.2) is 0 Å². The van der Waals surface area contributed by atoms with Gasteiger partial charge < -0.3 is 4.18 Å². The summed E-state index contributed by atoms with van der Waals surface area (Å²) in [6, 6.07) is 12.2. The largest absolute Gasteiger partial charge is 0.358 e. The van der Waals surface area contributed by atoms with Crippen LogP contribution in [0.4, 0.5) is 0 Å². The van der Waals surface area contributed by atoms with Crippen LogP contribution in [-0.4, -0.2) is 13.4 Å². The lowest BCUT2D eigenvalue weighted by molar-refractivity contribution is 0.477. The SMILES string of the molecule is O=S(=O)(Oc1ccccn1)c1csc2ccccc12. The van der Waals surface area contributed by atoms with Crippen LogP contribution in [-0.2, 0) is 10.1 Å². The van der Waals surface area contributed by atoms with Crippen LogP contribution in [0.3, 0.4) is 0 Å². The van der Waals surface area contributed by atoms with Crippen molar-refractivity contribution in [3.63, 3.8) is 0 Å². The summed E-state index contributed by atoms with van der Waals surface area (Å²) in [6.07, 6.45) is 1.48. The van der Waals surface area contributed by atoms with Crippen LogP contribution in [0.1, 0.15) is 0 Å². The molecular weight excluding hydrogens is 282 g/mol. The van der Waals surface area contributed by atoms with Crippen LogP contribution in [0.2, 0.25) is 0 Å². The molecule has 0 radical (unpaired) electrons. The summed E-state index contributed by atoms with van der Waals surface area (Å²) in [5.74, 6) is 0.0674. The van der Waals surface area contributed by atoms with Gasteiger partial charge in [-0.05, 0) is 12.1 Å². The molecule has 3 rings (SSSR count). The Morgan fingerprint density at radius 3 is 2.63 bits per heavy atom. The van der Waals surface area contributed by atoms with Crippen LogP contribution in [0.5, 0.6) is 5.88 Å². The number of hydrogen-bond donors (Lipinski definition) is 0. The maximum Gasteiger partial charge on any atom is 0.342 e. The molecule has 0 amide bonds. The summed E-state index contributed by atoms with van der Waals surface area (Å²) in [5, 5.41) is 2.26. The summed E-state index contributed by atoms with van der Waals surface area (Å²) in [7, 11) is -3.85. The molecule has 96 valence electrons. The second-order valence-corrected chi connectivity index (χ2v) is 6.23. The van der Waals surface area contributed by atoms with Gasteiger partial charge in [-0.25, -0.2) is 4.98 Å². The van der Waals surface area contributed by atoms with Gasteiger partial charge in [0, 0.05) is 27.7 Å². The Balaban J connectivity index is 2.05. The highest BCUT2D eigenvalue weighted by molar-refractivity contribution is 7.87. The molecule has 6 heteroatoms. The lowest BCUT2D eigenvalue weighted by Gasteiger charge is -2.04. The average Bonchev–Trinajstić information content (AvgIpc) is 2.84. The number of fused-ring (bicyclic) bond motifs is 1. The van der Waals surface area contributed by atoms with Crippen molar-refractivity contribution in [2.75, 3.05) is 0 Å². The zero-order valence-corrected chi connectivity index (χ0v) is 11.3. The van der Waals surface area contributed by atoms with Gasteiger partial charge in [0.05, 0.1) is 0 Å². The van der Waals surface area contributed by atoms with Gasteiger partial charge in [0.2, 0.25) is 5.88 Å². The van der Waals surface area contributed by atoms with E-state index in [1.807, 2.05) is 12.1 Å². The monoisotopic (exact) mass is 291 g/mol. The normalized spacial score (nSPS) is 11.6. The van der Waals surface area contributed by atoms with E-state index in [1.165, 1.54) is 23.6 Å². The third kappa shape index (κ3) is 2.32. The molecule has 2 aromatic heterocycles. The van der Waals surface area contributed by atoms with E-state index in [0.717, 1.165) is 4.70 Å². The number of aromatic nitrogens is 1. The molecule has 0 aliphatic heterocycles. The standard InChI is InChI=1S/C13H9NO3S2/c15-19(16,17-13-7-3-4-8-14-13)12-9-18-11-6-2-1-5-10(11)12/h1-9H. The van der Waals surface area contributed by atoms with Crippen LogP contribution in [0, 0.1) is 0 Å². The maximum atomic E-state index is 12.2. The van der Waals surface area contributed by atoms with E-state index in [9.17, 15) is 8.42 Å². The summed E-state index contributed by atoms with van der Waals surface area (Å²) in [6.45, 7) is 0. The van der Waals surface area contributed by atoms with E-state index < -0.39 is 10.1 Å². The summed E-state index contributed by atoms with van der Waals surface area (Å²) in [4.78, 5) is 4.04. The first-order valence-electron chi connectivity index (χ1n) is 5.48. The first-order valence-corrected chi connectivity index (χ1v) is 7.77. The van der Waals surface area contributed by atoms with E-state index in [-0.39, 0.29) is 10.8 Å². The molecule has 2 heterocycles. The van der Waals surface area contributed by atoms with E-state index in [1.54, 1.807) is 29.6 Å². The molecule has 0 unspecified atom stereocenters.